The molecule has 0 saturated carbocycles. The van der Waals surface area contributed by atoms with Gasteiger partial charge in [-0.15, -0.1) is 0 Å². The van der Waals surface area contributed by atoms with Gasteiger partial charge < -0.3 is 10.1 Å². The van der Waals surface area contributed by atoms with Crippen LogP contribution in [0.5, 0.6) is 0 Å². The third-order valence-electron chi connectivity index (χ3n) is 4.28. The molecule has 0 spiro atoms. The average molecular weight is 402 g/mol. The number of para-hydroxylation sites is 1. The van der Waals surface area contributed by atoms with E-state index in [-0.39, 0.29) is 35.4 Å². The number of hydrogen-bond acceptors (Lipinski definition) is 6. The highest BCUT2D eigenvalue weighted by molar-refractivity contribution is 7.90. The molecule has 0 atom stereocenters. The van der Waals surface area contributed by atoms with Crippen molar-refractivity contribution in [2.45, 2.75) is 17.7 Å². The van der Waals surface area contributed by atoms with Crippen molar-refractivity contribution in [2.24, 2.45) is 0 Å². The minimum atomic E-state index is -3.88. The Bertz CT molecular complexity index is 1050. The third kappa shape index (κ3) is 3.61. The number of nitrogens with one attached hydrogen (secondary N) is 1. The smallest absolute Gasteiger partial charge is 0.339 e. The van der Waals surface area contributed by atoms with E-state index in [0.717, 1.165) is 4.31 Å². The van der Waals surface area contributed by atoms with Gasteiger partial charge in [-0.2, -0.15) is 0 Å². The average Bonchev–Trinajstić information content (AvgIpc) is 2.88. The highest BCUT2D eigenvalue weighted by atomic mass is 32.2. The number of carbonyl (C=O) groups is 3. The Balaban J connectivity index is 1.62. The van der Waals surface area contributed by atoms with Gasteiger partial charge in [-0.25, -0.2) is 17.5 Å². The largest absolute Gasteiger partial charge is 0.465 e. The van der Waals surface area contributed by atoms with Crippen LogP contribution in [0.3, 0.4) is 0 Å². The predicted molar refractivity (Wildman–Crippen MR) is 100 cm³/mol. The number of carbonyl (C=O) groups excluding carboxylic acids is 3. The normalized spacial score (nSPS) is 14.5. The number of amides is 2. The first-order chi connectivity index (χ1) is 13.4. The lowest BCUT2D eigenvalue weighted by Gasteiger charge is -2.15. The summed E-state index contributed by atoms with van der Waals surface area (Å²) in [4.78, 5) is 36.2. The second-order valence-corrected chi connectivity index (χ2v) is 7.90. The molecule has 1 heterocycles. The Hall–Kier alpha value is -3.20. The molecule has 28 heavy (non-hydrogen) atoms. The molecule has 2 amide bonds. The van der Waals surface area contributed by atoms with E-state index in [1.807, 2.05) is 0 Å². The van der Waals surface area contributed by atoms with E-state index in [9.17, 15) is 22.8 Å². The summed E-state index contributed by atoms with van der Waals surface area (Å²) < 4.78 is 30.4. The number of methoxy groups -OCH3 is 1. The molecule has 0 unspecified atom stereocenters. The standard InChI is InChI=1S/C19H18N2O6S/c1-27-19(24)13-7-2-4-9-15(13)20-17(22)11-6-12-21-18(23)14-8-3-5-10-16(14)28(21,25)26/h2-5,7-10H,6,11-12H2,1H3,(H,20,22). The molecular weight excluding hydrogens is 384 g/mol. The number of esters is 1. The molecule has 0 aliphatic carbocycles. The van der Waals surface area contributed by atoms with Crippen molar-refractivity contribution in [3.63, 3.8) is 0 Å². The van der Waals surface area contributed by atoms with Crippen molar-refractivity contribution in [3.05, 3.63) is 59.7 Å². The first-order valence-electron chi connectivity index (χ1n) is 8.49. The number of benzene rings is 2. The van der Waals surface area contributed by atoms with E-state index in [4.69, 9.17) is 0 Å². The highest BCUT2D eigenvalue weighted by Crippen LogP contribution is 2.30. The number of ether oxygens (including phenoxy) is 1. The Morgan fingerprint density at radius 3 is 2.46 bits per heavy atom. The van der Waals surface area contributed by atoms with E-state index >= 15 is 0 Å². The van der Waals surface area contributed by atoms with E-state index < -0.39 is 27.8 Å². The van der Waals surface area contributed by atoms with E-state index in [1.165, 1.54) is 25.3 Å². The maximum absolute atomic E-state index is 12.5. The van der Waals surface area contributed by atoms with Gasteiger partial charge in [0, 0.05) is 13.0 Å². The molecule has 0 fully saturated rings. The summed E-state index contributed by atoms with van der Waals surface area (Å²) in [6.45, 7) is -0.109. The topological polar surface area (TPSA) is 110 Å². The SMILES string of the molecule is COC(=O)c1ccccc1NC(=O)CCCN1C(=O)c2ccccc2S1(=O)=O. The molecule has 0 bridgehead atoms. The molecule has 2 aromatic rings. The van der Waals surface area contributed by atoms with Crippen LogP contribution in [0.1, 0.15) is 33.6 Å². The lowest BCUT2D eigenvalue weighted by atomic mass is 10.1. The number of hydrogen-bond donors (Lipinski definition) is 1. The van der Waals surface area contributed by atoms with Crippen LogP contribution in [0.25, 0.3) is 0 Å². The monoisotopic (exact) mass is 402 g/mol. The van der Waals surface area contributed by atoms with Gasteiger partial charge in [0.2, 0.25) is 5.91 Å². The molecule has 2 aromatic carbocycles. The van der Waals surface area contributed by atoms with Gasteiger partial charge in [-0.3, -0.25) is 9.59 Å². The summed E-state index contributed by atoms with van der Waals surface area (Å²) in [6.07, 6.45) is 0.121. The van der Waals surface area contributed by atoms with Gasteiger partial charge in [0.05, 0.1) is 23.9 Å². The summed E-state index contributed by atoms with van der Waals surface area (Å²) in [6, 6.07) is 12.4. The molecular formula is C19H18N2O6S. The van der Waals surface area contributed by atoms with Crippen LogP contribution in [-0.4, -0.2) is 44.2 Å². The zero-order valence-corrected chi connectivity index (χ0v) is 15.9. The van der Waals surface area contributed by atoms with E-state index in [2.05, 4.69) is 10.1 Å². The lowest BCUT2D eigenvalue weighted by Crippen LogP contribution is -2.31. The Labute approximate surface area is 162 Å². The van der Waals surface area contributed by atoms with Gasteiger partial charge in [0.1, 0.15) is 4.90 Å². The number of nitrogens with zero attached hydrogens (tertiary/aromatic N) is 1. The van der Waals surface area contributed by atoms with Crippen molar-refractivity contribution in [1.82, 2.24) is 4.31 Å². The minimum absolute atomic E-state index is 0.0172. The molecule has 3 rings (SSSR count). The van der Waals surface area contributed by atoms with Gasteiger partial charge in [-0.1, -0.05) is 24.3 Å². The van der Waals surface area contributed by atoms with Crippen LogP contribution in [0.4, 0.5) is 5.69 Å². The van der Waals surface area contributed by atoms with Crippen molar-refractivity contribution in [1.29, 1.82) is 0 Å². The number of fused-ring (bicyclic) bond motifs is 1. The second-order valence-electron chi connectivity index (χ2n) is 6.07. The predicted octanol–water partition coefficient (Wildman–Crippen LogP) is 2.04. The fraction of sp³-hybridized carbons (Fsp3) is 0.211. The summed E-state index contributed by atoms with van der Waals surface area (Å²) >= 11 is 0. The van der Waals surface area contributed by atoms with Crippen molar-refractivity contribution in [3.8, 4) is 0 Å². The molecule has 1 N–H and O–H groups in total. The van der Waals surface area contributed by atoms with Crippen molar-refractivity contribution < 1.29 is 27.5 Å². The zero-order valence-electron chi connectivity index (χ0n) is 15.0. The van der Waals surface area contributed by atoms with Gasteiger partial charge in [0.15, 0.2) is 0 Å². The van der Waals surface area contributed by atoms with Crippen LogP contribution in [0, 0.1) is 0 Å². The van der Waals surface area contributed by atoms with Crippen LogP contribution in [0.15, 0.2) is 53.4 Å². The number of sulfonamides is 1. The quantitative estimate of drug-likeness (QED) is 0.741. The molecule has 1 aliphatic rings. The molecule has 0 saturated heterocycles. The summed E-state index contributed by atoms with van der Waals surface area (Å²) in [5, 5.41) is 2.61. The molecule has 9 heteroatoms. The van der Waals surface area contributed by atoms with Gasteiger partial charge in [0.25, 0.3) is 15.9 Å². The maximum Gasteiger partial charge on any atom is 0.339 e. The van der Waals surface area contributed by atoms with Crippen LogP contribution < -0.4 is 5.32 Å². The Kier molecular flexibility index (Phi) is 5.46. The molecule has 0 radical (unpaired) electrons. The first kappa shape index (κ1) is 19.6. The molecule has 8 nitrogen and oxygen atoms in total. The fourth-order valence-electron chi connectivity index (χ4n) is 2.93. The van der Waals surface area contributed by atoms with Crippen LogP contribution in [-0.2, 0) is 19.6 Å². The molecule has 146 valence electrons. The van der Waals surface area contributed by atoms with Crippen molar-refractivity contribution >= 4 is 33.5 Å². The first-order valence-corrected chi connectivity index (χ1v) is 9.93. The van der Waals surface area contributed by atoms with Gasteiger partial charge >= 0.3 is 5.97 Å². The highest BCUT2D eigenvalue weighted by Gasteiger charge is 2.40. The maximum atomic E-state index is 12.5. The fourth-order valence-corrected chi connectivity index (χ4v) is 4.54. The minimum Gasteiger partial charge on any atom is -0.465 e. The van der Waals surface area contributed by atoms with Crippen molar-refractivity contribution in [2.75, 3.05) is 19.0 Å². The zero-order chi connectivity index (χ0) is 20.3. The number of rotatable bonds is 6. The molecule has 1 aliphatic heterocycles. The molecule has 0 aromatic heterocycles. The van der Waals surface area contributed by atoms with E-state index in [1.54, 1.807) is 30.3 Å². The number of anilines is 1. The summed E-state index contributed by atoms with van der Waals surface area (Å²) in [5.74, 6) is -1.58. The van der Waals surface area contributed by atoms with Gasteiger partial charge in [-0.05, 0) is 30.7 Å². The summed E-state index contributed by atoms with van der Waals surface area (Å²) in [7, 11) is -2.64. The van der Waals surface area contributed by atoms with Crippen LogP contribution >= 0.6 is 0 Å². The lowest BCUT2D eigenvalue weighted by molar-refractivity contribution is -0.116. The van der Waals surface area contributed by atoms with Crippen LogP contribution in [0.2, 0.25) is 0 Å². The summed E-state index contributed by atoms with van der Waals surface area (Å²) in [5.41, 5.74) is 0.654. The third-order valence-corrected chi connectivity index (χ3v) is 6.12. The van der Waals surface area contributed by atoms with E-state index in [0.29, 0.717) is 5.69 Å². The second kappa shape index (κ2) is 7.81. The Morgan fingerprint density at radius 1 is 1.07 bits per heavy atom. The Morgan fingerprint density at radius 2 is 1.75 bits per heavy atom.